The second kappa shape index (κ2) is 6.10. The summed E-state index contributed by atoms with van der Waals surface area (Å²) in [5.74, 6) is -1.04. The van der Waals surface area contributed by atoms with Gasteiger partial charge in [-0.3, -0.25) is 10.2 Å². The topological polar surface area (TPSA) is 86.7 Å². The number of amides is 1. The van der Waals surface area contributed by atoms with Gasteiger partial charge in [-0.15, -0.1) is 4.41 Å². The average Bonchev–Trinajstić information content (AvgIpc) is 2.67. The van der Waals surface area contributed by atoms with Crippen molar-refractivity contribution in [3.05, 3.63) is 28.2 Å². The van der Waals surface area contributed by atoms with E-state index in [2.05, 4.69) is 5.43 Å². The third-order valence-corrected chi connectivity index (χ3v) is 5.89. The Morgan fingerprint density at radius 3 is 2.62 bits per heavy atom. The number of hydrogen-bond acceptors (Lipinski definition) is 4. The quantitative estimate of drug-likeness (QED) is 0.857. The lowest BCUT2D eigenvalue weighted by Gasteiger charge is -2.22. The van der Waals surface area contributed by atoms with E-state index >= 15 is 0 Å². The van der Waals surface area contributed by atoms with E-state index in [9.17, 15) is 13.2 Å². The molecule has 9 heteroatoms. The first-order valence-corrected chi connectivity index (χ1v) is 8.39. The second-order valence-electron chi connectivity index (χ2n) is 4.71. The molecular formula is C12H14Cl2N2O4S. The zero-order valence-corrected chi connectivity index (χ0v) is 13.4. The van der Waals surface area contributed by atoms with Gasteiger partial charge in [0, 0.05) is 11.6 Å². The minimum Gasteiger partial charge on any atom is -0.396 e. The standard InChI is InChI=1S/C12H14Cl2N2O4S/c1-7-9(4-5-17)12(18)15-16(7)21(19,20)11-3-2-8(13)6-10(11)14/h2-3,6-7,9,17H,4-5H2,1H3,(H,15,18). The van der Waals surface area contributed by atoms with Crippen LogP contribution in [-0.2, 0) is 14.8 Å². The molecule has 0 radical (unpaired) electrons. The van der Waals surface area contributed by atoms with Crippen LogP contribution in [0.25, 0.3) is 0 Å². The van der Waals surface area contributed by atoms with Gasteiger partial charge in [0.25, 0.3) is 10.0 Å². The molecule has 21 heavy (non-hydrogen) atoms. The van der Waals surface area contributed by atoms with Crippen molar-refractivity contribution in [2.24, 2.45) is 5.92 Å². The molecule has 1 aromatic rings. The molecule has 1 fully saturated rings. The number of nitrogens with one attached hydrogen (secondary N) is 1. The number of nitrogens with zero attached hydrogens (tertiary/aromatic N) is 1. The van der Waals surface area contributed by atoms with Crippen LogP contribution in [-0.4, -0.2) is 36.5 Å². The van der Waals surface area contributed by atoms with Crippen molar-refractivity contribution < 1.29 is 18.3 Å². The number of sulfonamides is 1. The van der Waals surface area contributed by atoms with E-state index in [0.717, 1.165) is 4.41 Å². The van der Waals surface area contributed by atoms with Crippen molar-refractivity contribution in [2.45, 2.75) is 24.3 Å². The van der Waals surface area contributed by atoms with E-state index in [0.29, 0.717) is 5.02 Å². The molecule has 116 valence electrons. The first-order valence-electron chi connectivity index (χ1n) is 6.20. The molecule has 0 spiro atoms. The molecule has 0 aromatic heterocycles. The van der Waals surface area contributed by atoms with Crippen molar-refractivity contribution in [3.8, 4) is 0 Å². The van der Waals surface area contributed by atoms with Gasteiger partial charge in [-0.2, -0.15) is 0 Å². The van der Waals surface area contributed by atoms with Gasteiger partial charge < -0.3 is 5.11 Å². The maximum Gasteiger partial charge on any atom is 0.261 e. The summed E-state index contributed by atoms with van der Waals surface area (Å²) in [6, 6.07) is 3.40. The maximum atomic E-state index is 12.6. The van der Waals surface area contributed by atoms with Crippen LogP contribution >= 0.6 is 23.2 Å². The summed E-state index contributed by atoms with van der Waals surface area (Å²) < 4.78 is 26.1. The summed E-state index contributed by atoms with van der Waals surface area (Å²) in [6.45, 7) is 1.40. The summed E-state index contributed by atoms with van der Waals surface area (Å²) in [7, 11) is -3.99. The predicted octanol–water partition coefficient (Wildman–Crippen LogP) is 1.42. The summed E-state index contributed by atoms with van der Waals surface area (Å²) in [5, 5.41) is 9.26. The van der Waals surface area contributed by atoms with Crippen molar-refractivity contribution in [1.29, 1.82) is 0 Å². The van der Waals surface area contributed by atoms with Gasteiger partial charge in [0.2, 0.25) is 5.91 Å². The Kier molecular flexibility index (Phi) is 4.79. The molecule has 2 atom stereocenters. The van der Waals surface area contributed by atoms with Crippen LogP contribution in [0.2, 0.25) is 10.0 Å². The Morgan fingerprint density at radius 1 is 1.38 bits per heavy atom. The van der Waals surface area contributed by atoms with Crippen LogP contribution in [0.3, 0.4) is 0 Å². The number of carbonyl (C=O) groups excluding carboxylic acids is 1. The Labute approximate surface area is 132 Å². The first-order chi connectivity index (χ1) is 9.78. The summed E-state index contributed by atoms with van der Waals surface area (Å²) in [6.07, 6.45) is 0.188. The summed E-state index contributed by atoms with van der Waals surface area (Å²) in [5.41, 5.74) is 2.32. The number of benzene rings is 1. The minimum absolute atomic E-state index is 0.0189. The smallest absolute Gasteiger partial charge is 0.261 e. The number of carbonyl (C=O) groups is 1. The number of aliphatic hydroxyl groups is 1. The zero-order chi connectivity index (χ0) is 15.8. The molecule has 1 saturated heterocycles. The van der Waals surface area contributed by atoms with E-state index in [4.69, 9.17) is 28.3 Å². The Balaban J connectivity index is 2.38. The van der Waals surface area contributed by atoms with Crippen LogP contribution in [0.1, 0.15) is 13.3 Å². The largest absolute Gasteiger partial charge is 0.396 e. The molecule has 6 nitrogen and oxygen atoms in total. The molecule has 0 bridgehead atoms. The fraction of sp³-hybridized carbons (Fsp3) is 0.417. The van der Waals surface area contributed by atoms with Crippen molar-refractivity contribution in [3.63, 3.8) is 0 Å². The number of hydrogen-bond donors (Lipinski definition) is 2. The molecule has 1 aliphatic heterocycles. The molecular weight excluding hydrogens is 339 g/mol. The highest BCUT2D eigenvalue weighted by molar-refractivity contribution is 7.89. The first kappa shape index (κ1) is 16.5. The number of halogens is 2. The van der Waals surface area contributed by atoms with Gasteiger partial charge in [-0.1, -0.05) is 23.2 Å². The van der Waals surface area contributed by atoms with E-state index in [1.54, 1.807) is 6.92 Å². The minimum atomic E-state index is -3.99. The summed E-state index contributed by atoms with van der Waals surface area (Å²) in [4.78, 5) is 11.7. The van der Waals surface area contributed by atoms with Crippen molar-refractivity contribution in [2.75, 3.05) is 6.61 Å². The second-order valence-corrected chi connectivity index (χ2v) is 7.34. The van der Waals surface area contributed by atoms with Gasteiger partial charge in [-0.25, -0.2) is 8.42 Å². The molecule has 0 aliphatic carbocycles. The lowest BCUT2D eigenvalue weighted by Crippen LogP contribution is -2.42. The third-order valence-electron chi connectivity index (χ3n) is 3.38. The zero-order valence-electron chi connectivity index (χ0n) is 11.1. The maximum absolute atomic E-state index is 12.6. The molecule has 2 unspecified atom stereocenters. The highest BCUT2D eigenvalue weighted by Crippen LogP contribution is 2.31. The molecule has 1 heterocycles. The Bertz CT molecular complexity index is 665. The number of aliphatic hydroxyl groups excluding tert-OH is 1. The van der Waals surface area contributed by atoms with Gasteiger partial charge in [0.15, 0.2) is 0 Å². The lowest BCUT2D eigenvalue weighted by atomic mass is 10.00. The van der Waals surface area contributed by atoms with Crippen molar-refractivity contribution in [1.82, 2.24) is 9.84 Å². The molecule has 2 N–H and O–H groups in total. The molecule has 1 aromatic carbocycles. The van der Waals surface area contributed by atoms with Gasteiger partial charge in [0.05, 0.1) is 17.0 Å². The van der Waals surface area contributed by atoms with Crippen LogP contribution in [0.15, 0.2) is 23.1 Å². The van der Waals surface area contributed by atoms with Crippen LogP contribution in [0.5, 0.6) is 0 Å². The fourth-order valence-electron chi connectivity index (χ4n) is 2.26. The third kappa shape index (κ3) is 3.02. The fourth-order valence-corrected chi connectivity index (χ4v) is 4.51. The monoisotopic (exact) mass is 352 g/mol. The van der Waals surface area contributed by atoms with E-state index in [-0.39, 0.29) is 22.9 Å². The normalized spacial score (nSPS) is 23.3. The highest BCUT2D eigenvalue weighted by Gasteiger charge is 2.44. The Morgan fingerprint density at radius 2 is 2.05 bits per heavy atom. The van der Waals surface area contributed by atoms with Crippen LogP contribution < -0.4 is 5.43 Å². The number of rotatable bonds is 4. The molecule has 0 saturated carbocycles. The van der Waals surface area contributed by atoms with E-state index in [1.807, 2.05) is 0 Å². The molecule has 2 rings (SSSR count). The summed E-state index contributed by atoms with van der Waals surface area (Å²) >= 11 is 11.7. The predicted molar refractivity (Wildman–Crippen MR) is 78.3 cm³/mol. The van der Waals surface area contributed by atoms with Crippen LogP contribution in [0.4, 0.5) is 0 Å². The van der Waals surface area contributed by atoms with Gasteiger partial charge in [0.1, 0.15) is 4.90 Å². The van der Waals surface area contributed by atoms with E-state index in [1.165, 1.54) is 18.2 Å². The lowest BCUT2D eigenvalue weighted by molar-refractivity contribution is -0.123. The SMILES string of the molecule is CC1C(CCO)C(=O)NN1S(=O)(=O)c1ccc(Cl)cc1Cl. The van der Waals surface area contributed by atoms with E-state index < -0.39 is 27.9 Å². The average molecular weight is 353 g/mol. The van der Waals surface area contributed by atoms with Gasteiger partial charge >= 0.3 is 0 Å². The van der Waals surface area contributed by atoms with Crippen molar-refractivity contribution >= 4 is 39.1 Å². The molecule has 1 amide bonds. The molecule has 1 aliphatic rings. The Hall–Kier alpha value is -0.860. The van der Waals surface area contributed by atoms with Crippen LogP contribution in [0, 0.1) is 5.92 Å². The number of hydrazine groups is 1. The highest BCUT2D eigenvalue weighted by atomic mass is 35.5. The van der Waals surface area contributed by atoms with Gasteiger partial charge in [-0.05, 0) is 31.5 Å².